The second kappa shape index (κ2) is 13.4. The van der Waals surface area contributed by atoms with Crippen LogP contribution in [0.2, 0.25) is 0 Å². The van der Waals surface area contributed by atoms with Gasteiger partial charge >= 0.3 is 5.97 Å². The van der Waals surface area contributed by atoms with Gasteiger partial charge < -0.3 is 15.3 Å². The number of rotatable bonds is 10. The van der Waals surface area contributed by atoms with Crippen molar-refractivity contribution in [1.29, 1.82) is 0 Å². The molecule has 0 aliphatic carbocycles. The molecule has 3 aromatic rings. The number of thioether (sulfide) groups is 1. The molecule has 1 heterocycles. The fraction of sp³-hybridized carbons (Fsp3) is 0.312. The van der Waals surface area contributed by atoms with Crippen LogP contribution in [0.3, 0.4) is 0 Å². The summed E-state index contributed by atoms with van der Waals surface area (Å²) in [6.45, 7) is 3.99. The average Bonchev–Trinajstić information content (AvgIpc) is 3.08. The fourth-order valence-corrected chi connectivity index (χ4v) is 5.90. The molecule has 0 unspecified atom stereocenters. The fourth-order valence-electron chi connectivity index (χ4n) is 4.92. The van der Waals surface area contributed by atoms with Crippen molar-refractivity contribution in [2.75, 3.05) is 0 Å². The van der Waals surface area contributed by atoms with Crippen molar-refractivity contribution < 1.29 is 24.3 Å². The maximum atomic E-state index is 13.9. The van der Waals surface area contributed by atoms with Gasteiger partial charge in [0.05, 0.1) is 5.25 Å². The van der Waals surface area contributed by atoms with Gasteiger partial charge in [-0.05, 0) is 35.4 Å². The summed E-state index contributed by atoms with van der Waals surface area (Å²) in [7, 11) is 0. The number of benzene rings is 3. The van der Waals surface area contributed by atoms with Gasteiger partial charge in [-0.15, -0.1) is 0 Å². The lowest BCUT2D eigenvalue weighted by Gasteiger charge is -2.31. The Bertz CT molecular complexity index is 1350. The summed E-state index contributed by atoms with van der Waals surface area (Å²) in [6, 6.07) is 23.7. The Morgan fingerprint density at radius 1 is 0.925 bits per heavy atom. The van der Waals surface area contributed by atoms with Gasteiger partial charge in [-0.2, -0.15) is 0 Å². The number of amides is 2. The van der Waals surface area contributed by atoms with E-state index in [9.17, 15) is 24.3 Å². The molecule has 3 aromatic carbocycles. The first-order valence-electron chi connectivity index (χ1n) is 13.4. The Hall–Kier alpha value is -3.91. The van der Waals surface area contributed by atoms with E-state index in [4.69, 9.17) is 0 Å². The van der Waals surface area contributed by atoms with E-state index in [0.717, 1.165) is 28.5 Å². The SMILES string of the molecule is CC(C)C[C@@H](C(=O)O)N1Cc2ccccc2C[C@H](NC(=O)[C@H](Cc2ccccc2)SC(=O)c2ccccc2)C1=O. The molecule has 4 rings (SSSR count). The van der Waals surface area contributed by atoms with Crippen LogP contribution < -0.4 is 5.32 Å². The van der Waals surface area contributed by atoms with E-state index in [2.05, 4.69) is 5.32 Å². The molecular weight excluding hydrogens is 524 g/mol. The molecule has 208 valence electrons. The summed E-state index contributed by atoms with van der Waals surface area (Å²) in [5, 5.41) is 11.9. The normalized spacial score (nSPS) is 16.5. The van der Waals surface area contributed by atoms with Gasteiger partial charge in [0.15, 0.2) is 0 Å². The molecule has 2 N–H and O–H groups in total. The minimum Gasteiger partial charge on any atom is -0.480 e. The van der Waals surface area contributed by atoms with Crippen molar-refractivity contribution in [2.45, 2.75) is 57.0 Å². The first-order chi connectivity index (χ1) is 19.2. The van der Waals surface area contributed by atoms with Crippen LogP contribution in [-0.2, 0) is 33.8 Å². The molecule has 8 heteroatoms. The zero-order valence-electron chi connectivity index (χ0n) is 22.7. The van der Waals surface area contributed by atoms with E-state index in [1.54, 1.807) is 24.3 Å². The van der Waals surface area contributed by atoms with Crippen LogP contribution in [0.4, 0.5) is 0 Å². The van der Waals surface area contributed by atoms with Crippen LogP contribution in [0.5, 0.6) is 0 Å². The Morgan fingerprint density at radius 2 is 1.52 bits per heavy atom. The molecule has 0 saturated carbocycles. The maximum Gasteiger partial charge on any atom is 0.326 e. The summed E-state index contributed by atoms with van der Waals surface area (Å²) in [5.74, 6) is -1.89. The number of nitrogens with zero attached hydrogens (tertiary/aromatic N) is 1. The van der Waals surface area contributed by atoms with Gasteiger partial charge in [-0.25, -0.2) is 4.79 Å². The van der Waals surface area contributed by atoms with Crippen LogP contribution in [-0.4, -0.2) is 50.2 Å². The minimum absolute atomic E-state index is 0.0519. The molecule has 0 fully saturated rings. The molecule has 1 aliphatic rings. The number of hydrogen-bond donors (Lipinski definition) is 2. The molecule has 0 bridgehead atoms. The lowest BCUT2D eigenvalue weighted by atomic mass is 10.0. The molecule has 1 aliphatic heterocycles. The zero-order chi connectivity index (χ0) is 28.6. The third-order valence-electron chi connectivity index (χ3n) is 6.95. The van der Waals surface area contributed by atoms with Crippen LogP contribution >= 0.6 is 11.8 Å². The third-order valence-corrected chi connectivity index (χ3v) is 8.07. The van der Waals surface area contributed by atoms with Gasteiger partial charge in [0.2, 0.25) is 16.9 Å². The Labute approximate surface area is 239 Å². The first kappa shape index (κ1) is 29.1. The van der Waals surface area contributed by atoms with E-state index in [0.29, 0.717) is 18.4 Å². The van der Waals surface area contributed by atoms with Crippen molar-refractivity contribution in [3.05, 3.63) is 107 Å². The van der Waals surface area contributed by atoms with Crippen molar-refractivity contribution in [2.24, 2.45) is 5.92 Å². The van der Waals surface area contributed by atoms with Crippen LogP contribution in [0.15, 0.2) is 84.9 Å². The molecular formula is C32H34N2O5S. The lowest BCUT2D eigenvalue weighted by molar-refractivity contribution is -0.152. The van der Waals surface area contributed by atoms with Gasteiger partial charge in [0.25, 0.3) is 0 Å². The predicted molar refractivity (Wildman–Crippen MR) is 156 cm³/mol. The number of aliphatic carboxylic acids is 1. The van der Waals surface area contributed by atoms with Crippen LogP contribution in [0, 0.1) is 5.92 Å². The summed E-state index contributed by atoms with van der Waals surface area (Å²) < 4.78 is 0. The molecule has 3 atom stereocenters. The number of carbonyl (C=O) groups excluding carboxylic acids is 3. The first-order valence-corrected chi connectivity index (χ1v) is 14.3. The van der Waals surface area contributed by atoms with Crippen LogP contribution in [0.1, 0.15) is 47.3 Å². The molecule has 7 nitrogen and oxygen atoms in total. The van der Waals surface area contributed by atoms with Crippen molar-refractivity contribution >= 4 is 34.7 Å². The van der Waals surface area contributed by atoms with Gasteiger partial charge in [-0.3, -0.25) is 14.4 Å². The van der Waals surface area contributed by atoms with E-state index >= 15 is 0 Å². The molecule has 0 aromatic heterocycles. The van der Waals surface area contributed by atoms with Gasteiger partial charge in [-0.1, -0.05) is 111 Å². The number of carboxylic acid groups (broad SMARTS) is 1. The van der Waals surface area contributed by atoms with E-state index in [1.807, 2.05) is 74.5 Å². The largest absolute Gasteiger partial charge is 0.480 e. The number of hydrogen-bond acceptors (Lipinski definition) is 5. The quantitative estimate of drug-likeness (QED) is 0.373. The Balaban J connectivity index is 1.62. The average molecular weight is 559 g/mol. The number of carbonyl (C=O) groups is 4. The monoisotopic (exact) mass is 558 g/mol. The highest BCUT2D eigenvalue weighted by Crippen LogP contribution is 2.26. The maximum absolute atomic E-state index is 13.9. The molecule has 0 saturated heterocycles. The number of carboxylic acids is 1. The lowest BCUT2D eigenvalue weighted by Crippen LogP contribution is -2.54. The Morgan fingerprint density at radius 3 is 2.15 bits per heavy atom. The van der Waals surface area contributed by atoms with E-state index < -0.39 is 35.1 Å². The molecule has 0 radical (unpaired) electrons. The Kier molecular flexibility index (Phi) is 9.77. The topological polar surface area (TPSA) is 104 Å². The van der Waals surface area contributed by atoms with Crippen molar-refractivity contribution in [3.63, 3.8) is 0 Å². The molecule has 0 spiro atoms. The summed E-state index contributed by atoms with van der Waals surface area (Å²) in [6.07, 6.45) is 0.824. The zero-order valence-corrected chi connectivity index (χ0v) is 23.5. The smallest absolute Gasteiger partial charge is 0.326 e. The second-order valence-corrected chi connectivity index (χ2v) is 11.6. The summed E-state index contributed by atoms with van der Waals surface area (Å²) >= 11 is 0.932. The third kappa shape index (κ3) is 7.39. The standard InChI is InChI=1S/C32H34N2O5S/c1-21(2)17-27(31(37)38)34-20-25-16-10-9-15-24(25)19-26(30(34)36)33-29(35)28(18-22-11-5-3-6-12-22)40-32(39)23-13-7-4-8-14-23/h3-16,21,26-28H,17-20H2,1-2H3,(H,33,35)(H,37,38)/t26-,27-,28-/m0/s1. The minimum atomic E-state index is -1.07. The summed E-state index contributed by atoms with van der Waals surface area (Å²) in [4.78, 5) is 54.4. The van der Waals surface area contributed by atoms with Gasteiger partial charge in [0.1, 0.15) is 12.1 Å². The number of fused-ring (bicyclic) bond motifs is 1. The second-order valence-electron chi connectivity index (χ2n) is 10.4. The van der Waals surface area contributed by atoms with Crippen molar-refractivity contribution in [1.82, 2.24) is 10.2 Å². The highest BCUT2D eigenvalue weighted by molar-refractivity contribution is 8.15. The molecule has 2 amide bonds. The summed E-state index contributed by atoms with van der Waals surface area (Å²) in [5.41, 5.74) is 3.11. The highest BCUT2D eigenvalue weighted by atomic mass is 32.2. The van der Waals surface area contributed by atoms with Crippen molar-refractivity contribution in [3.8, 4) is 0 Å². The van der Waals surface area contributed by atoms with E-state index in [-0.39, 0.29) is 24.0 Å². The molecule has 40 heavy (non-hydrogen) atoms. The number of nitrogens with one attached hydrogen (secondary N) is 1. The van der Waals surface area contributed by atoms with Gasteiger partial charge in [0, 0.05) is 18.5 Å². The predicted octanol–water partition coefficient (Wildman–Crippen LogP) is 4.74. The van der Waals surface area contributed by atoms with E-state index in [1.165, 1.54) is 4.90 Å². The van der Waals surface area contributed by atoms with Crippen LogP contribution in [0.25, 0.3) is 0 Å². The highest BCUT2D eigenvalue weighted by Gasteiger charge is 2.38.